The summed E-state index contributed by atoms with van der Waals surface area (Å²) in [5.41, 5.74) is 2.41. The molecule has 0 bridgehead atoms. The molecule has 1 aromatic carbocycles. The highest BCUT2D eigenvalue weighted by molar-refractivity contribution is 7.94. The van der Waals surface area contributed by atoms with Crippen molar-refractivity contribution >= 4 is 33.0 Å². The Labute approximate surface area is 162 Å². The van der Waals surface area contributed by atoms with Gasteiger partial charge in [-0.3, -0.25) is 14.2 Å². The van der Waals surface area contributed by atoms with Crippen molar-refractivity contribution in [3.8, 4) is 0 Å². The van der Waals surface area contributed by atoms with E-state index in [4.69, 9.17) is 0 Å². The Morgan fingerprint density at radius 3 is 2.48 bits per heavy atom. The van der Waals surface area contributed by atoms with E-state index in [-0.39, 0.29) is 16.7 Å². The van der Waals surface area contributed by atoms with E-state index in [1.165, 1.54) is 6.07 Å². The van der Waals surface area contributed by atoms with Gasteiger partial charge in [0.25, 0.3) is 15.9 Å². The zero-order chi connectivity index (χ0) is 19.6. The molecule has 0 fully saturated rings. The molecular weight excluding hydrogens is 384 g/mol. The van der Waals surface area contributed by atoms with Crippen LogP contribution in [-0.2, 0) is 23.6 Å². The largest absolute Gasteiger partial charge is 0.347 e. The van der Waals surface area contributed by atoms with E-state index in [0.29, 0.717) is 16.9 Å². The molecule has 3 rings (SSSR count). The number of sulfonamides is 1. The molecule has 0 spiro atoms. The average molecular weight is 405 g/mol. The highest BCUT2D eigenvalue weighted by Crippen LogP contribution is 2.27. The summed E-state index contributed by atoms with van der Waals surface area (Å²) in [4.78, 5) is 12.8. The van der Waals surface area contributed by atoms with Crippen LogP contribution in [0.15, 0.2) is 46.7 Å². The predicted octanol–water partition coefficient (Wildman–Crippen LogP) is 2.83. The number of aromatic nitrogens is 2. The maximum absolute atomic E-state index is 12.7. The first kappa shape index (κ1) is 19.1. The van der Waals surface area contributed by atoms with Crippen LogP contribution in [0.25, 0.3) is 0 Å². The van der Waals surface area contributed by atoms with Crippen molar-refractivity contribution in [3.05, 3.63) is 64.3 Å². The second-order valence-corrected chi connectivity index (χ2v) is 9.12. The monoisotopic (exact) mass is 404 g/mol. The lowest BCUT2D eigenvalue weighted by atomic mass is 10.2. The number of carbonyl (C=O) groups excluding carboxylic acids is 1. The number of nitrogens with zero attached hydrogens (tertiary/aromatic N) is 2. The third kappa shape index (κ3) is 4.20. The zero-order valence-electron chi connectivity index (χ0n) is 15.2. The van der Waals surface area contributed by atoms with E-state index in [1.54, 1.807) is 55.9 Å². The summed E-state index contributed by atoms with van der Waals surface area (Å²) in [7, 11) is -1.95. The van der Waals surface area contributed by atoms with Gasteiger partial charge in [-0.25, -0.2) is 8.42 Å². The summed E-state index contributed by atoms with van der Waals surface area (Å²) in [6.45, 7) is 3.82. The number of anilines is 1. The van der Waals surface area contributed by atoms with Crippen LogP contribution in [0.5, 0.6) is 0 Å². The minimum atomic E-state index is -3.71. The maximum atomic E-state index is 12.7. The number of nitrogens with one attached hydrogen (secondary N) is 2. The number of aryl methyl sites for hydroxylation is 2. The summed E-state index contributed by atoms with van der Waals surface area (Å²) >= 11 is 1.12. The van der Waals surface area contributed by atoms with Crippen molar-refractivity contribution in [3.63, 3.8) is 0 Å². The summed E-state index contributed by atoms with van der Waals surface area (Å²) in [6.07, 6.45) is 0. The minimum Gasteiger partial charge on any atom is -0.347 e. The molecule has 0 aliphatic rings. The highest BCUT2D eigenvalue weighted by atomic mass is 32.2. The molecule has 2 N–H and O–H groups in total. The van der Waals surface area contributed by atoms with Crippen LogP contribution in [-0.4, -0.2) is 24.1 Å². The Balaban J connectivity index is 1.70. The molecule has 142 valence electrons. The van der Waals surface area contributed by atoms with E-state index in [9.17, 15) is 13.2 Å². The van der Waals surface area contributed by atoms with Gasteiger partial charge >= 0.3 is 0 Å². The summed E-state index contributed by atoms with van der Waals surface area (Å²) in [5.74, 6) is -0.201. The van der Waals surface area contributed by atoms with Crippen molar-refractivity contribution in [1.82, 2.24) is 15.1 Å². The number of rotatable bonds is 6. The molecule has 27 heavy (non-hydrogen) atoms. The zero-order valence-corrected chi connectivity index (χ0v) is 16.8. The molecule has 0 radical (unpaired) electrons. The average Bonchev–Trinajstić information content (AvgIpc) is 3.22. The van der Waals surface area contributed by atoms with Crippen LogP contribution in [0.2, 0.25) is 0 Å². The lowest BCUT2D eigenvalue weighted by Gasteiger charge is -2.06. The fourth-order valence-electron chi connectivity index (χ4n) is 2.56. The molecule has 3 aromatic rings. The van der Waals surface area contributed by atoms with Crippen LogP contribution < -0.4 is 10.0 Å². The molecule has 0 unspecified atom stereocenters. The van der Waals surface area contributed by atoms with E-state index in [1.807, 2.05) is 6.07 Å². The number of hydrogen-bond donors (Lipinski definition) is 2. The first-order chi connectivity index (χ1) is 12.8. The van der Waals surface area contributed by atoms with E-state index >= 15 is 0 Å². The minimum absolute atomic E-state index is 0.189. The first-order valence-corrected chi connectivity index (χ1v) is 10.5. The third-order valence-corrected chi connectivity index (χ3v) is 7.03. The lowest BCUT2D eigenvalue weighted by molar-refractivity contribution is 0.0951. The number of benzene rings is 1. The Morgan fingerprint density at radius 2 is 1.85 bits per heavy atom. The van der Waals surface area contributed by atoms with Gasteiger partial charge in [-0.1, -0.05) is 18.2 Å². The van der Waals surface area contributed by atoms with Crippen molar-refractivity contribution in [2.45, 2.75) is 24.6 Å². The smallest absolute Gasteiger partial charge is 0.271 e. The molecule has 7 nitrogen and oxygen atoms in total. The Morgan fingerprint density at radius 1 is 1.15 bits per heavy atom. The molecule has 0 saturated carbocycles. The van der Waals surface area contributed by atoms with Gasteiger partial charge in [-0.2, -0.15) is 5.10 Å². The van der Waals surface area contributed by atoms with Crippen LogP contribution in [0, 0.1) is 13.8 Å². The lowest BCUT2D eigenvalue weighted by Crippen LogP contribution is -2.22. The molecule has 2 heterocycles. The number of hydrogen-bond acceptors (Lipinski definition) is 5. The SMILES string of the molecule is Cc1nn(C)c(C)c1NS(=O)(=O)c1ccc(CNC(=O)c2ccccc2)s1. The number of thiophene rings is 1. The van der Waals surface area contributed by atoms with E-state index < -0.39 is 10.0 Å². The van der Waals surface area contributed by atoms with Crippen LogP contribution in [0.3, 0.4) is 0 Å². The van der Waals surface area contributed by atoms with Crippen molar-refractivity contribution in [2.24, 2.45) is 7.05 Å². The van der Waals surface area contributed by atoms with Gasteiger partial charge in [0.2, 0.25) is 0 Å². The molecule has 0 aliphatic carbocycles. The second-order valence-electron chi connectivity index (χ2n) is 6.04. The summed E-state index contributed by atoms with van der Waals surface area (Å²) in [6, 6.07) is 12.1. The molecule has 0 saturated heterocycles. The van der Waals surface area contributed by atoms with Crippen molar-refractivity contribution in [1.29, 1.82) is 0 Å². The van der Waals surface area contributed by atoms with Crippen molar-refractivity contribution < 1.29 is 13.2 Å². The molecule has 2 aromatic heterocycles. The predicted molar refractivity (Wildman–Crippen MR) is 105 cm³/mol. The Kier molecular flexibility index (Phi) is 5.33. The van der Waals surface area contributed by atoms with Crippen LogP contribution >= 0.6 is 11.3 Å². The molecule has 0 atom stereocenters. The summed E-state index contributed by atoms with van der Waals surface area (Å²) in [5, 5.41) is 7.01. The molecule has 0 aliphatic heterocycles. The van der Waals surface area contributed by atoms with Gasteiger partial charge in [0.05, 0.1) is 23.6 Å². The molecule has 1 amide bonds. The van der Waals surface area contributed by atoms with Gasteiger partial charge in [0.1, 0.15) is 4.21 Å². The third-order valence-electron chi connectivity index (χ3n) is 4.11. The van der Waals surface area contributed by atoms with E-state index in [2.05, 4.69) is 15.1 Å². The van der Waals surface area contributed by atoms with Gasteiger partial charge in [0, 0.05) is 17.5 Å². The number of amides is 1. The second kappa shape index (κ2) is 7.53. The molecular formula is C18H20N4O3S2. The number of carbonyl (C=O) groups is 1. The van der Waals surface area contributed by atoms with Gasteiger partial charge < -0.3 is 5.32 Å². The fourth-order valence-corrected chi connectivity index (χ4v) is 5.03. The quantitative estimate of drug-likeness (QED) is 0.661. The highest BCUT2D eigenvalue weighted by Gasteiger charge is 2.21. The Bertz CT molecular complexity index is 1070. The Hall–Kier alpha value is -2.65. The van der Waals surface area contributed by atoms with Crippen LogP contribution in [0.4, 0.5) is 5.69 Å². The summed E-state index contributed by atoms with van der Waals surface area (Å²) < 4.78 is 29.8. The van der Waals surface area contributed by atoms with E-state index in [0.717, 1.165) is 21.9 Å². The first-order valence-electron chi connectivity index (χ1n) is 8.23. The fraction of sp³-hybridized carbons (Fsp3) is 0.222. The van der Waals surface area contributed by atoms with Gasteiger partial charge in [-0.05, 0) is 38.1 Å². The normalized spacial score (nSPS) is 11.4. The maximum Gasteiger partial charge on any atom is 0.271 e. The molecule has 9 heteroatoms. The standard InChI is InChI=1S/C18H20N4O3S2/c1-12-17(13(2)22(3)20-12)21-27(24,25)16-10-9-15(26-16)11-19-18(23)14-7-5-4-6-8-14/h4-10,21H,11H2,1-3H3,(H,19,23). The van der Waals surface area contributed by atoms with Crippen molar-refractivity contribution in [2.75, 3.05) is 4.72 Å². The van der Waals surface area contributed by atoms with Gasteiger partial charge in [-0.15, -0.1) is 11.3 Å². The van der Waals surface area contributed by atoms with Crippen LogP contribution in [0.1, 0.15) is 26.6 Å². The van der Waals surface area contributed by atoms with Gasteiger partial charge in [0.15, 0.2) is 0 Å². The topological polar surface area (TPSA) is 93.1 Å².